The standard InChI is InChI=1S/C9H14O2/c1-3-9(8(2)10)5-4-6-11-7-9/h4,6H,3,5,7H2,1-2H3. The van der Waals surface area contributed by atoms with E-state index in [0.717, 1.165) is 12.8 Å². The summed E-state index contributed by atoms with van der Waals surface area (Å²) >= 11 is 0. The van der Waals surface area contributed by atoms with Crippen LogP contribution < -0.4 is 0 Å². The van der Waals surface area contributed by atoms with Crippen LogP contribution in [0.15, 0.2) is 12.3 Å². The minimum Gasteiger partial charge on any atom is -0.500 e. The van der Waals surface area contributed by atoms with Gasteiger partial charge < -0.3 is 4.74 Å². The fraction of sp³-hybridized carbons (Fsp3) is 0.667. The smallest absolute Gasteiger partial charge is 0.139 e. The molecule has 2 nitrogen and oxygen atoms in total. The first-order valence-corrected chi connectivity index (χ1v) is 3.99. The topological polar surface area (TPSA) is 26.3 Å². The summed E-state index contributed by atoms with van der Waals surface area (Å²) in [6, 6.07) is 0. The van der Waals surface area contributed by atoms with Gasteiger partial charge in [0, 0.05) is 0 Å². The van der Waals surface area contributed by atoms with Crippen molar-refractivity contribution in [2.75, 3.05) is 6.61 Å². The second kappa shape index (κ2) is 3.07. The summed E-state index contributed by atoms with van der Waals surface area (Å²) in [5.41, 5.74) is -0.227. The van der Waals surface area contributed by atoms with Crippen molar-refractivity contribution in [1.82, 2.24) is 0 Å². The van der Waals surface area contributed by atoms with Crippen LogP contribution in [0.4, 0.5) is 0 Å². The largest absolute Gasteiger partial charge is 0.500 e. The molecule has 0 spiro atoms. The normalized spacial score (nSPS) is 29.6. The predicted octanol–water partition coefficient (Wildman–Crippen LogP) is 1.91. The van der Waals surface area contributed by atoms with E-state index < -0.39 is 0 Å². The van der Waals surface area contributed by atoms with Crippen LogP contribution in [-0.2, 0) is 9.53 Å². The lowest BCUT2D eigenvalue weighted by atomic mass is 9.78. The minimum absolute atomic E-state index is 0.227. The van der Waals surface area contributed by atoms with Crippen LogP contribution in [0.25, 0.3) is 0 Å². The van der Waals surface area contributed by atoms with Crippen molar-refractivity contribution in [3.63, 3.8) is 0 Å². The molecule has 0 aromatic rings. The molecule has 0 fully saturated rings. The second-order valence-corrected chi connectivity index (χ2v) is 3.08. The number of Topliss-reactive ketones (excluding diaryl/α,β-unsaturated/α-hetero) is 1. The third-order valence-corrected chi connectivity index (χ3v) is 2.48. The maximum atomic E-state index is 11.2. The maximum absolute atomic E-state index is 11.2. The van der Waals surface area contributed by atoms with Crippen LogP contribution in [0.3, 0.4) is 0 Å². The second-order valence-electron chi connectivity index (χ2n) is 3.08. The van der Waals surface area contributed by atoms with E-state index in [1.54, 1.807) is 13.2 Å². The number of rotatable bonds is 2. The number of ketones is 1. The lowest BCUT2D eigenvalue weighted by Crippen LogP contribution is -2.34. The summed E-state index contributed by atoms with van der Waals surface area (Å²) in [5.74, 6) is 0.240. The fourth-order valence-corrected chi connectivity index (χ4v) is 1.35. The summed E-state index contributed by atoms with van der Waals surface area (Å²) in [6.07, 6.45) is 5.30. The number of hydrogen-bond donors (Lipinski definition) is 0. The van der Waals surface area contributed by atoms with Crippen LogP contribution in [0.5, 0.6) is 0 Å². The van der Waals surface area contributed by atoms with Crippen molar-refractivity contribution in [3.05, 3.63) is 12.3 Å². The Hall–Kier alpha value is -0.790. The molecule has 0 N–H and O–H groups in total. The van der Waals surface area contributed by atoms with E-state index in [1.807, 2.05) is 13.0 Å². The molecule has 0 amide bonds. The highest BCUT2D eigenvalue weighted by atomic mass is 16.5. The molecule has 1 heterocycles. The first-order valence-electron chi connectivity index (χ1n) is 3.99. The number of carbonyl (C=O) groups excluding carboxylic acids is 1. The molecule has 0 saturated heterocycles. The third-order valence-electron chi connectivity index (χ3n) is 2.48. The molecule has 1 rings (SSSR count). The minimum atomic E-state index is -0.227. The lowest BCUT2D eigenvalue weighted by Gasteiger charge is -2.30. The van der Waals surface area contributed by atoms with Crippen molar-refractivity contribution >= 4 is 5.78 Å². The zero-order chi connectivity index (χ0) is 8.32. The van der Waals surface area contributed by atoms with Crippen molar-refractivity contribution in [3.8, 4) is 0 Å². The summed E-state index contributed by atoms with van der Waals surface area (Å²) in [6.45, 7) is 4.23. The Morgan fingerprint density at radius 3 is 2.73 bits per heavy atom. The highest BCUT2D eigenvalue weighted by Crippen LogP contribution is 2.31. The summed E-state index contributed by atoms with van der Waals surface area (Å²) in [7, 11) is 0. The summed E-state index contributed by atoms with van der Waals surface area (Å²) in [4.78, 5) is 11.2. The van der Waals surface area contributed by atoms with Crippen molar-refractivity contribution in [2.45, 2.75) is 26.7 Å². The van der Waals surface area contributed by atoms with Gasteiger partial charge in [-0.1, -0.05) is 6.92 Å². The third kappa shape index (κ3) is 1.44. The maximum Gasteiger partial charge on any atom is 0.139 e. The molecule has 1 aliphatic rings. The Morgan fingerprint density at radius 1 is 1.73 bits per heavy atom. The van der Waals surface area contributed by atoms with E-state index in [-0.39, 0.29) is 11.2 Å². The molecule has 0 aromatic heterocycles. The molecule has 0 bridgehead atoms. The van der Waals surface area contributed by atoms with Gasteiger partial charge in [-0.05, 0) is 25.8 Å². The average Bonchev–Trinajstić information content (AvgIpc) is 2.05. The number of allylic oxidation sites excluding steroid dienone is 1. The molecular weight excluding hydrogens is 140 g/mol. The van der Waals surface area contributed by atoms with Crippen LogP contribution in [0.2, 0.25) is 0 Å². The monoisotopic (exact) mass is 154 g/mol. The average molecular weight is 154 g/mol. The number of carbonyl (C=O) groups is 1. The van der Waals surface area contributed by atoms with E-state index in [0.29, 0.717) is 6.61 Å². The first kappa shape index (κ1) is 8.31. The number of hydrogen-bond acceptors (Lipinski definition) is 2. The van der Waals surface area contributed by atoms with Gasteiger partial charge in [-0.15, -0.1) is 0 Å². The molecular formula is C9H14O2. The van der Waals surface area contributed by atoms with Crippen molar-refractivity contribution in [1.29, 1.82) is 0 Å². The Bertz CT molecular complexity index is 184. The van der Waals surface area contributed by atoms with E-state index in [9.17, 15) is 4.79 Å². The molecule has 0 aliphatic carbocycles. The van der Waals surface area contributed by atoms with Crippen LogP contribution in [0, 0.1) is 5.41 Å². The molecule has 1 atom stereocenters. The zero-order valence-corrected chi connectivity index (χ0v) is 7.09. The SMILES string of the molecule is CCC1(C(C)=O)CC=COC1. The quantitative estimate of drug-likeness (QED) is 0.607. The molecule has 1 aliphatic heterocycles. The van der Waals surface area contributed by atoms with Crippen LogP contribution >= 0.6 is 0 Å². The number of ether oxygens (including phenoxy) is 1. The predicted molar refractivity (Wildman–Crippen MR) is 43.1 cm³/mol. The molecule has 11 heavy (non-hydrogen) atoms. The Morgan fingerprint density at radius 2 is 2.45 bits per heavy atom. The highest BCUT2D eigenvalue weighted by molar-refractivity contribution is 5.82. The molecule has 0 radical (unpaired) electrons. The molecule has 62 valence electrons. The van der Waals surface area contributed by atoms with Gasteiger partial charge in [-0.25, -0.2) is 0 Å². The molecule has 0 aromatic carbocycles. The van der Waals surface area contributed by atoms with Gasteiger partial charge in [0.1, 0.15) is 12.4 Å². The van der Waals surface area contributed by atoms with Crippen molar-refractivity contribution < 1.29 is 9.53 Å². The van der Waals surface area contributed by atoms with Gasteiger partial charge in [0.05, 0.1) is 11.7 Å². The molecule has 1 unspecified atom stereocenters. The molecule has 2 heteroatoms. The van der Waals surface area contributed by atoms with E-state index in [1.165, 1.54) is 0 Å². The Balaban J connectivity index is 2.75. The van der Waals surface area contributed by atoms with Crippen LogP contribution in [-0.4, -0.2) is 12.4 Å². The zero-order valence-electron chi connectivity index (χ0n) is 7.09. The van der Waals surface area contributed by atoms with Crippen molar-refractivity contribution in [2.24, 2.45) is 5.41 Å². The van der Waals surface area contributed by atoms with Gasteiger partial charge in [0.15, 0.2) is 0 Å². The van der Waals surface area contributed by atoms with Gasteiger partial charge in [0.2, 0.25) is 0 Å². The highest BCUT2D eigenvalue weighted by Gasteiger charge is 2.34. The van der Waals surface area contributed by atoms with E-state index >= 15 is 0 Å². The van der Waals surface area contributed by atoms with Gasteiger partial charge >= 0.3 is 0 Å². The molecule has 0 saturated carbocycles. The van der Waals surface area contributed by atoms with E-state index in [4.69, 9.17) is 4.74 Å². The van der Waals surface area contributed by atoms with E-state index in [2.05, 4.69) is 0 Å². The lowest BCUT2D eigenvalue weighted by molar-refractivity contribution is -0.129. The summed E-state index contributed by atoms with van der Waals surface area (Å²) < 4.78 is 5.14. The van der Waals surface area contributed by atoms with Gasteiger partial charge in [-0.2, -0.15) is 0 Å². The van der Waals surface area contributed by atoms with Gasteiger partial charge in [-0.3, -0.25) is 4.79 Å². The Kier molecular flexibility index (Phi) is 2.32. The van der Waals surface area contributed by atoms with Gasteiger partial charge in [0.25, 0.3) is 0 Å². The fourth-order valence-electron chi connectivity index (χ4n) is 1.35. The van der Waals surface area contributed by atoms with Crippen LogP contribution in [0.1, 0.15) is 26.7 Å². The Labute approximate surface area is 67.2 Å². The first-order chi connectivity index (χ1) is 5.21. The summed E-state index contributed by atoms with van der Waals surface area (Å²) in [5, 5.41) is 0.